The van der Waals surface area contributed by atoms with Gasteiger partial charge in [-0.15, -0.1) is 0 Å². The number of hydrogen-bond donors (Lipinski definition) is 0. The molecule has 0 aliphatic carbocycles. The van der Waals surface area contributed by atoms with Crippen LogP contribution in [0.2, 0.25) is 0 Å². The molecule has 0 N–H and O–H groups in total. The largest absolute Gasteiger partial charge is 0.442 e. The molecule has 0 bridgehead atoms. The number of thioether (sulfide) groups is 1. The molecule has 1 atom stereocenters. The zero-order valence-corrected chi connectivity index (χ0v) is 14.7. The lowest BCUT2D eigenvalue weighted by molar-refractivity contribution is 0.126. The van der Waals surface area contributed by atoms with Crippen molar-refractivity contribution in [2.45, 2.75) is 12.6 Å². The Balaban J connectivity index is 1.53. The molecule has 7 nitrogen and oxygen atoms in total. The van der Waals surface area contributed by atoms with E-state index in [1.807, 2.05) is 0 Å². The SMILES string of the molecule is O=C1OC(Cn2nccn2)CN1c1cc(F)c(N2CCSCC2)c(F)c1. The predicted octanol–water partition coefficient (Wildman–Crippen LogP) is 2.13. The van der Waals surface area contributed by atoms with Gasteiger partial charge in [-0.2, -0.15) is 26.8 Å². The lowest BCUT2D eigenvalue weighted by Crippen LogP contribution is -2.34. The third-order valence-corrected chi connectivity index (χ3v) is 5.29. The average Bonchev–Trinajstić information content (AvgIpc) is 3.25. The predicted molar refractivity (Wildman–Crippen MR) is 93.5 cm³/mol. The van der Waals surface area contributed by atoms with E-state index in [1.165, 1.54) is 34.2 Å². The molecule has 0 spiro atoms. The van der Waals surface area contributed by atoms with Crippen LogP contribution in [0.1, 0.15) is 0 Å². The summed E-state index contributed by atoms with van der Waals surface area (Å²) >= 11 is 1.76. The third-order valence-electron chi connectivity index (χ3n) is 4.35. The summed E-state index contributed by atoms with van der Waals surface area (Å²) in [6, 6.07) is 2.38. The summed E-state index contributed by atoms with van der Waals surface area (Å²) in [7, 11) is 0. The van der Waals surface area contributed by atoms with Gasteiger partial charge < -0.3 is 9.64 Å². The van der Waals surface area contributed by atoms with Crippen LogP contribution in [0.4, 0.5) is 25.0 Å². The van der Waals surface area contributed by atoms with Crippen molar-refractivity contribution in [3.8, 4) is 0 Å². The molecule has 3 heterocycles. The standard InChI is InChI=1S/C16H17F2N5O2S/c17-13-7-11(8-14(18)15(13)21-3-5-26-6-4-21)22-9-12(25-16(22)24)10-23-19-1-2-20-23/h1-2,7-8,12H,3-6,9-10H2. The van der Waals surface area contributed by atoms with E-state index in [-0.39, 0.29) is 24.5 Å². The number of rotatable bonds is 4. The van der Waals surface area contributed by atoms with E-state index in [4.69, 9.17) is 4.74 Å². The first-order valence-electron chi connectivity index (χ1n) is 8.26. The summed E-state index contributed by atoms with van der Waals surface area (Å²) in [5.74, 6) is 0.332. The number of nitrogens with zero attached hydrogens (tertiary/aromatic N) is 5. The van der Waals surface area contributed by atoms with E-state index in [0.717, 1.165) is 11.5 Å². The molecule has 0 saturated carbocycles. The van der Waals surface area contributed by atoms with E-state index < -0.39 is 23.8 Å². The van der Waals surface area contributed by atoms with Crippen molar-refractivity contribution in [3.05, 3.63) is 36.2 Å². The molecular weight excluding hydrogens is 364 g/mol. The Morgan fingerprint density at radius 2 is 1.81 bits per heavy atom. The first-order valence-corrected chi connectivity index (χ1v) is 9.41. The van der Waals surface area contributed by atoms with Gasteiger partial charge in [0.15, 0.2) is 11.6 Å². The Labute approximate surface area is 152 Å². The molecule has 1 amide bonds. The highest BCUT2D eigenvalue weighted by Gasteiger charge is 2.34. The minimum absolute atomic E-state index is 0.0288. The highest BCUT2D eigenvalue weighted by atomic mass is 32.2. The van der Waals surface area contributed by atoms with Crippen LogP contribution < -0.4 is 9.80 Å². The van der Waals surface area contributed by atoms with Crippen molar-refractivity contribution in [1.29, 1.82) is 0 Å². The molecule has 4 rings (SSSR count). The van der Waals surface area contributed by atoms with Crippen LogP contribution in [-0.2, 0) is 11.3 Å². The van der Waals surface area contributed by atoms with Crippen LogP contribution in [0.15, 0.2) is 24.5 Å². The van der Waals surface area contributed by atoms with E-state index >= 15 is 0 Å². The molecule has 2 aliphatic heterocycles. The van der Waals surface area contributed by atoms with Gasteiger partial charge >= 0.3 is 6.09 Å². The molecule has 1 unspecified atom stereocenters. The molecule has 138 valence electrons. The minimum Gasteiger partial charge on any atom is -0.442 e. The Bertz CT molecular complexity index is 775. The van der Waals surface area contributed by atoms with Crippen LogP contribution in [0.5, 0.6) is 0 Å². The van der Waals surface area contributed by atoms with Gasteiger partial charge in [-0.1, -0.05) is 0 Å². The highest BCUT2D eigenvalue weighted by molar-refractivity contribution is 7.99. The number of anilines is 2. The van der Waals surface area contributed by atoms with Crippen molar-refractivity contribution >= 4 is 29.2 Å². The van der Waals surface area contributed by atoms with Crippen molar-refractivity contribution in [2.24, 2.45) is 0 Å². The van der Waals surface area contributed by atoms with Crippen molar-refractivity contribution < 1.29 is 18.3 Å². The maximum atomic E-state index is 14.6. The fourth-order valence-electron chi connectivity index (χ4n) is 3.14. The molecule has 2 aliphatic rings. The minimum atomic E-state index is -0.670. The van der Waals surface area contributed by atoms with Gasteiger partial charge in [0.05, 0.1) is 31.2 Å². The van der Waals surface area contributed by atoms with Gasteiger partial charge in [-0.05, 0) is 0 Å². The Morgan fingerprint density at radius 3 is 2.46 bits per heavy atom. The number of ether oxygens (including phenoxy) is 1. The number of carbonyl (C=O) groups excluding carboxylic acids is 1. The first-order chi connectivity index (χ1) is 12.6. The second kappa shape index (κ2) is 7.10. The second-order valence-corrected chi connectivity index (χ2v) is 7.28. The first kappa shape index (κ1) is 17.1. The molecule has 2 aromatic rings. The van der Waals surface area contributed by atoms with E-state index in [1.54, 1.807) is 16.7 Å². The molecule has 2 saturated heterocycles. The van der Waals surface area contributed by atoms with Crippen molar-refractivity contribution in [1.82, 2.24) is 15.0 Å². The zero-order valence-electron chi connectivity index (χ0n) is 13.8. The van der Waals surface area contributed by atoms with Crippen molar-refractivity contribution in [2.75, 3.05) is 40.9 Å². The van der Waals surface area contributed by atoms with Crippen LogP contribution >= 0.6 is 11.8 Å². The summed E-state index contributed by atoms with van der Waals surface area (Å²) < 4.78 is 34.4. The van der Waals surface area contributed by atoms with E-state index in [2.05, 4.69) is 10.2 Å². The Kier molecular flexibility index (Phi) is 4.66. The van der Waals surface area contributed by atoms with Crippen LogP contribution in [0.3, 0.4) is 0 Å². The normalized spacial score (nSPS) is 20.5. The third kappa shape index (κ3) is 3.33. The maximum Gasteiger partial charge on any atom is 0.414 e. The molecule has 2 fully saturated rings. The summed E-state index contributed by atoms with van der Waals surface area (Å²) in [6.07, 6.45) is 1.93. The summed E-state index contributed by atoms with van der Waals surface area (Å²) in [4.78, 5) is 16.5. The van der Waals surface area contributed by atoms with Crippen molar-refractivity contribution in [3.63, 3.8) is 0 Å². The van der Waals surface area contributed by atoms with Gasteiger partial charge in [-0.25, -0.2) is 13.6 Å². The number of benzene rings is 1. The van der Waals surface area contributed by atoms with Gasteiger partial charge in [-0.3, -0.25) is 4.90 Å². The Morgan fingerprint density at radius 1 is 1.15 bits per heavy atom. The van der Waals surface area contributed by atoms with Gasteiger partial charge in [0.1, 0.15) is 11.8 Å². The number of carbonyl (C=O) groups is 1. The van der Waals surface area contributed by atoms with Crippen LogP contribution in [-0.4, -0.2) is 58.3 Å². The smallest absolute Gasteiger partial charge is 0.414 e. The monoisotopic (exact) mass is 381 g/mol. The average molecular weight is 381 g/mol. The molecule has 26 heavy (non-hydrogen) atoms. The number of aromatic nitrogens is 3. The summed E-state index contributed by atoms with van der Waals surface area (Å²) in [5, 5.41) is 7.93. The summed E-state index contributed by atoms with van der Waals surface area (Å²) in [6.45, 7) is 1.66. The lowest BCUT2D eigenvalue weighted by atomic mass is 10.2. The molecular formula is C16H17F2N5O2S. The Hall–Kier alpha value is -2.36. The lowest BCUT2D eigenvalue weighted by Gasteiger charge is -2.29. The highest BCUT2D eigenvalue weighted by Crippen LogP contribution is 2.32. The second-order valence-electron chi connectivity index (χ2n) is 6.06. The van der Waals surface area contributed by atoms with Gasteiger partial charge in [0, 0.05) is 36.7 Å². The number of amides is 1. The zero-order chi connectivity index (χ0) is 18.1. The molecule has 1 aromatic heterocycles. The molecule has 0 radical (unpaired) electrons. The van der Waals surface area contributed by atoms with Crippen LogP contribution in [0, 0.1) is 11.6 Å². The van der Waals surface area contributed by atoms with E-state index in [9.17, 15) is 13.6 Å². The molecule has 10 heteroatoms. The van der Waals surface area contributed by atoms with Gasteiger partial charge in [0.2, 0.25) is 0 Å². The van der Waals surface area contributed by atoms with Gasteiger partial charge in [0.25, 0.3) is 0 Å². The maximum absolute atomic E-state index is 14.6. The topological polar surface area (TPSA) is 63.5 Å². The molecule has 1 aromatic carbocycles. The number of halogens is 2. The number of hydrogen-bond acceptors (Lipinski definition) is 6. The van der Waals surface area contributed by atoms with E-state index in [0.29, 0.717) is 13.1 Å². The van der Waals surface area contributed by atoms with Crippen LogP contribution in [0.25, 0.3) is 0 Å². The summed E-state index contributed by atoms with van der Waals surface area (Å²) in [5.41, 5.74) is 0.120. The number of cyclic esters (lactones) is 1. The fourth-order valence-corrected chi connectivity index (χ4v) is 4.05. The fraction of sp³-hybridized carbons (Fsp3) is 0.438. The quantitative estimate of drug-likeness (QED) is 0.809.